The second-order valence-corrected chi connectivity index (χ2v) is 18.0. The molecule has 6 atom stereocenters. The van der Waals surface area contributed by atoms with Crippen LogP contribution < -0.4 is 4.90 Å². The Balaban J connectivity index is 1.05. The molecule has 4 saturated carbocycles. The van der Waals surface area contributed by atoms with Gasteiger partial charge in [-0.3, -0.25) is 0 Å². The number of anilines is 3. The standard InChI is InChI=1S/C48H47N/c1-45(2)24-25-46(3,4)44-39(45)18-11-19-40(44)49(33-12-6-5-7-13-33)34-22-20-31(21-23-34)35-15-10-17-38-43(35)36-14-8-9-16-37(36)48(38)41-27-30-26-32-28-42(48)47(32,41)29-30/h5-23,30,32,41-42H,24-29H2,1-4H3. The average Bonchev–Trinajstić information content (AvgIpc) is 3.75. The van der Waals surface area contributed by atoms with Crippen molar-refractivity contribution in [2.45, 2.75) is 82.5 Å². The zero-order valence-corrected chi connectivity index (χ0v) is 29.5. The second-order valence-electron chi connectivity index (χ2n) is 18.0. The molecule has 6 aliphatic carbocycles. The van der Waals surface area contributed by atoms with Crippen molar-refractivity contribution in [2.24, 2.45) is 29.1 Å². The molecular formula is C48H47N. The average molecular weight is 638 g/mol. The van der Waals surface area contributed by atoms with Crippen LogP contribution in [-0.2, 0) is 16.2 Å². The van der Waals surface area contributed by atoms with E-state index in [1.807, 2.05) is 0 Å². The summed E-state index contributed by atoms with van der Waals surface area (Å²) in [5.74, 6) is 3.67. The van der Waals surface area contributed by atoms with Crippen LogP contribution in [0, 0.1) is 29.1 Å². The number of hydrogen-bond donors (Lipinski definition) is 0. The summed E-state index contributed by atoms with van der Waals surface area (Å²) >= 11 is 0. The van der Waals surface area contributed by atoms with Crippen molar-refractivity contribution in [2.75, 3.05) is 4.90 Å². The molecule has 6 unspecified atom stereocenters. The van der Waals surface area contributed by atoms with E-state index in [9.17, 15) is 0 Å². The molecule has 4 fully saturated rings. The first-order valence-electron chi connectivity index (χ1n) is 19.1. The van der Waals surface area contributed by atoms with Crippen LogP contribution in [0.15, 0.2) is 115 Å². The van der Waals surface area contributed by atoms with Crippen LogP contribution in [0.2, 0.25) is 0 Å². The molecule has 2 spiro atoms. The van der Waals surface area contributed by atoms with Gasteiger partial charge in [0.05, 0.1) is 5.69 Å². The largest absolute Gasteiger partial charge is 0.310 e. The van der Waals surface area contributed by atoms with Crippen LogP contribution in [0.3, 0.4) is 0 Å². The normalized spacial score (nSPS) is 31.3. The topological polar surface area (TPSA) is 3.24 Å². The third kappa shape index (κ3) is 3.38. The maximum absolute atomic E-state index is 2.53. The summed E-state index contributed by atoms with van der Waals surface area (Å²) in [5, 5.41) is 0. The van der Waals surface area contributed by atoms with Crippen molar-refractivity contribution in [3.63, 3.8) is 0 Å². The number of hydrogen-bond acceptors (Lipinski definition) is 1. The lowest BCUT2D eigenvalue weighted by Gasteiger charge is -2.76. The molecule has 2 bridgehead atoms. The summed E-state index contributed by atoms with van der Waals surface area (Å²) in [5.41, 5.74) is 17.0. The van der Waals surface area contributed by atoms with Gasteiger partial charge >= 0.3 is 0 Å². The molecule has 11 rings (SSSR count). The van der Waals surface area contributed by atoms with Gasteiger partial charge in [0.25, 0.3) is 0 Å². The molecular weight excluding hydrogens is 591 g/mol. The lowest BCUT2D eigenvalue weighted by Crippen LogP contribution is -2.73. The lowest BCUT2D eigenvalue weighted by atomic mass is 9.27. The Bertz CT molecular complexity index is 2170. The van der Waals surface area contributed by atoms with E-state index in [0.29, 0.717) is 5.41 Å². The van der Waals surface area contributed by atoms with Crippen LogP contribution in [0.5, 0.6) is 0 Å². The fourth-order valence-corrected chi connectivity index (χ4v) is 13.3. The molecule has 5 aromatic carbocycles. The van der Waals surface area contributed by atoms with Gasteiger partial charge in [0.2, 0.25) is 0 Å². The fraction of sp³-hybridized carbons (Fsp3) is 0.375. The first-order valence-corrected chi connectivity index (χ1v) is 19.1. The summed E-state index contributed by atoms with van der Waals surface area (Å²) in [7, 11) is 0. The molecule has 0 radical (unpaired) electrons. The highest BCUT2D eigenvalue weighted by Gasteiger charge is 2.84. The van der Waals surface area contributed by atoms with E-state index in [1.54, 1.807) is 11.1 Å². The Morgan fingerprint density at radius 2 is 1.20 bits per heavy atom. The smallest absolute Gasteiger partial charge is 0.0502 e. The minimum atomic E-state index is 0.0989. The van der Waals surface area contributed by atoms with Crippen LogP contribution >= 0.6 is 0 Å². The van der Waals surface area contributed by atoms with E-state index in [-0.39, 0.29) is 16.2 Å². The molecule has 244 valence electrons. The lowest BCUT2D eigenvalue weighted by molar-refractivity contribution is -0.231. The summed E-state index contributed by atoms with van der Waals surface area (Å²) in [6.07, 6.45) is 8.35. The van der Waals surface area contributed by atoms with Crippen LogP contribution in [0.4, 0.5) is 17.1 Å². The minimum Gasteiger partial charge on any atom is -0.310 e. The maximum atomic E-state index is 2.53. The first kappa shape index (κ1) is 28.7. The Kier molecular flexibility index (Phi) is 5.49. The zero-order chi connectivity index (χ0) is 32.9. The Labute approximate surface area is 292 Å². The monoisotopic (exact) mass is 637 g/mol. The van der Waals surface area contributed by atoms with Crippen LogP contribution in [-0.4, -0.2) is 0 Å². The number of para-hydroxylation sites is 1. The second kappa shape index (κ2) is 9.36. The van der Waals surface area contributed by atoms with Crippen molar-refractivity contribution in [1.82, 2.24) is 0 Å². The Morgan fingerprint density at radius 1 is 0.551 bits per heavy atom. The van der Waals surface area contributed by atoms with E-state index >= 15 is 0 Å². The van der Waals surface area contributed by atoms with Gasteiger partial charge in [-0.1, -0.05) is 113 Å². The maximum Gasteiger partial charge on any atom is 0.0502 e. The number of nitrogens with zero attached hydrogens (tertiary/aromatic N) is 1. The Hall–Kier alpha value is -4.10. The summed E-state index contributed by atoms with van der Waals surface area (Å²) < 4.78 is 0. The van der Waals surface area contributed by atoms with E-state index in [0.717, 1.165) is 23.7 Å². The zero-order valence-electron chi connectivity index (χ0n) is 29.5. The van der Waals surface area contributed by atoms with Crippen molar-refractivity contribution in [3.05, 3.63) is 138 Å². The molecule has 0 aliphatic heterocycles. The van der Waals surface area contributed by atoms with Gasteiger partial charge in [-0.25, -0.2) is 0 Å². The van der Waals surface area contributed by atoms with E-state index in [2.05, 4.69) is 148 Å². The molecule has 0 heterocycles. The molecule has 6 aliphatic rings. The molecule has 5 aromatic rings. The Morgan fingerprint density at radius 3 is 2.02 bits per heavy atom. The van der Waals surface area contributed by atoms with Gasteiger partial charge in [0.15, 0.2) is 0 Å². The first-order chi connectivity index (χ1) is 23.7. The van der Waals surface area contributed by atoms with Gasteiger partial charge in [-0.2, -0.15) is 0 Å². The number of fused-ring (bicyclic) bond motifs is 9. The predicted molar refractivity (Wildman–Crippen MR) is 203 cm³/mol. The SMILES string of the molecule is CC1(C)CCC(C)(C)c2c(N(c3ccccc3)c3ccc(-c4cccc5c4-c4ccccc4C54C5CC6CC7CC4C75C6)cc3)cccc21. The molecule has 1 heteroatoms. The van der Waals surface area contributed by atoms with Crippen molar-refractivity contribution in [1.29, 1.82) is 0 Å². The summed E-state index contributed by atoms with van der Waals surface area (Å²) in [4.78, 5) is 2.52. The van der Waals surface area contributed by atoms with Gasteiger partial charge in [0.1, 0.15) is 0 Å². The van der Waals surface area contributed by atoms with Crippen LogP contribution in [0.1, 0.15) is 88.5 Å². The summed E-state index contributed by atoms with van der Waals surface area (Å²) in [6, 6.07) is 44.4. The predicted octanol–water partition coefficient (Wildman–Crippen LogP) is 12.5. The molecule has 0 N–H and O–H groups in total. The highest BCUT2D eigenvalue weighted by Crippen LogP contribution is 2.89. The highest BCUT2D eigenvalue weighted by molar-refractivity contribution is 5.94. The molecule has 0 amide bonds. The van der Waals surface area contributed by atoms with Gasteiger partial charge in [-0.15, -0.1) is 0 Å². The number of rotatable bonds is 4. The summed E-state index contributed by atoms with van der Waals surface area (Å²) in [6.45, 7) is 9.75. The van der Waals surface area contributed by atoms with Gasteiger partial charge in [-0.05, 0) is 153 Å². The molecule has 0 saturated heterocycles. The van der Waals surface area contributed by atoms with Gasteiger partial charge in [0, 0.05) is 16.8 Å². The quantitative estimate of drug-likeness (QED) is 0.189. The van der Waals surface area contributed by atoms with Gasteiger partial charge < -0.3 is 4.90 Å². The third-order valence-electron chi connectivity index (χ3n) is 15.2. The molecule has 49 heavy (non-hydrogen) atoms. The van der Waals surface area contributed by atoms with E-state index in [4.69, 9.17) is 0 Å². The minimum absolute atomic E-state index is 0.0989. The van der Waals surface area contributed by atoms with Crippen molar-refractivity contribution < 1.29 is 0 Å². The fourth-order valence-electron chi connectivity index (χ4n) is 13.3. The molecule has 1 nitrogen and oxygen atoms in total. The highest BCUT2D eigenvalue weighted by atomic mass is 15.1. The third-order valence-corrected chi connectivity index (χ3v) is 15.2. The van der Waals surface area contributed by atoms with E-state index < -0.39 is 0 Å². The molecule has 0 aromatic heterocycles. The van der Waals surface area contributed by atoms with E-state index in [1.165, 1.54) is 89.0 Å². The van der Waals surface area contributed by atoms with Crippen LogP contribution in [0.25, 0.3) is 22.3 Å². The van der Waals surface area contributed by atoms with Crippen molar-refractivity contribution >= 4 is 17.1 Å². The van der Waals surface area contributed by atoms with Crippen molar-refractivity contribution in [3.8, 4) is 22.3 Å². The number of benzene rings is 5.